The third-order valence-electron chi connectivity index (χ3n) is 3.75. The summed E-state index contributed by atoms with van der Waals surface area (Å²) in [5.41, 5.74) is 5.63. The molecule has 94 valence electrons. The summed E-state index contributed by atoms with van der Waals surface area (Å²) in [7, 11) is 0. The fourth-order valence-electron chi connectivity index (χ4n) is 2.66. The molecule has 0 bridgehead atoms. The van der Waals surface area contributed by atoms with Gasteiger partial charge in [0.15, 0.2) is 0 Å². The Labute approximate surface area is 110 Å². The molecule has 1 aromatic carbocycles. The molecule has 3 aromatic heterocycles. The molecular formula is C16H15N3. The summed E-state index contributed by atoms with van der Waals surface area (Å²) in [6, 6.07) is 12.7. The quantitative estimate of drug-likeness (QED) is 0.541. The predicted molar refractivity (Wildman–Crippen MR) is 78.6 cm³/mol. The molecule has 0 amide bonds. The molecule has 0 spiro atoms. The Morgan fingerprint density at radius 3 is 2.89 bits per heavy atom. The zero-order chi connectivity index (χ0) is 13.0. The SMILES string of the molecule is CC(C)c1ccc2[nH]c3c(nc4ccccn43)c2c1. The molecule has 3 heteroatoms. The minimum Gasteiger partial charge on any atom is -0.339 e. The molecule has 3 heterocycles. The molecule has 0 aliphatic carbocycles. The second-order valence-corrected chi connectivity index (χ2v) is 5.32. The first-order chi connectivity index (χ1) is 9.24. The number of rotatable bonds is 1. The van der Waals surface area contributed by atoms with Gasteiger partial charge in [0.25, 0.3) is 0 Å². The van der Waals surface area contributed by atoms with Gasteiger partial charge < -0.3 is 4.98 Å². The van der Waals surface area contributed by atoms with Gasteiger partial charge in [-0.3, -0.25) is 4.40 Å². The molecule has 19 heavy (non-hydrogen) atoms. The van der Waals surface area contributed by atoms with E-state index < -0.39 is 0 Å². The molecule has 0 fully saturated rings. The second-order valence-electron chi connectivity index (χ2n) is 5.32. The molecule has 0 atom stereocenters. The first-order valence-electron chi connectivity index (χ1n) is 6.62. The fourth-order valence-corrected chi connectivity index (χ4v) is 2.66. The smallest absolute Gasteiger partial charge is 0.143 e. The van der Waals surface area contributed by atoms with Crippen molar-refractivity contribution in [1.82, 2.24) is 14.4 Å². The van der Waals surface area contributed by atoms with Crippen molar-refractivity contribution in [2.75, 3.05) is 0 Å². The number of aromatic nitrogens is 3. The molecule has 0 unspecified atom stereocenters. The van der Waals surface area contributed by atoms with Gasteiger partial charge in [0.1, 0.15) is 16.8 Å². The van der Waals surface area contributed by atoms with Crippen LogP contribution in [0.5, 0.6) is 0 Å². The topological polar surface area (TPSA) is 33.1 Å². The Kier molecular flexibility index (Phi) is 2.01. The van der Waals surface area contributed by atoms with Gasteiger partial charge in [0.2, 0.25) is 0 Å². The Hall–Kier alpha value is -2.29. The molecule has 1 N–H and O–H groups in total. The van der Waals surface area contributed by atoms with Crippen LogP contribution >= 0.6 is 0 Å². The van der Waals surface area contributed by atoms with Crippen LogP contribution in [0.3, 0.4) is 0 Å². The van der Waals surface area contributed by atoms with E-state index >= 15 is 0 Å². The maximum absolute atomic E-state index is 4.74. The van der Waals surface area contributed by atoms with Crippen LogP contribution in [-0.2, 0) is 0 Å². The maximum atomic E-state index is 4.74. The van der Waals surface area contributed by atoms with E-state index in [-0.39, 0.29) is 0 Å². The van der Waals surface area contributed by atoms with Crippen LogP contribution in [0.2, 0.25) is 0 Å². The molecule has 4 rings (SSSR count). The Morgan fingerprint density at radius 2 is 2.05 bits per heavy atom. The summed E-state index contributed by atoms with van der Waals surface area (Å²) in [4.78, 5) is 8.20. The fraction of sp³-hybridized carbons (Fsp3) is 0.188. The Bertz CT molecular complexity index is 896. The number of hydrogen-bond donors (Lipinski definition) is 1. The van der Waals surface area contributed by atoms with Crippen LogP contribution in [0.25, 0.3) is 27.7 Å². The van der Waals surface area contributed by atoms with Crippen LogP contribution in [0, 0.1) is 0 Å². The molecule has 4 aromatic rings. The number of pyridine rings is 1. The van der Waals surface area contributed by atoms with Gasteiger partial charge in [-0.05, 0) is 35.7 Å². The van der Waals surface area contributed by atoms with Crippen LogP contribution in [0.1, 0.15) is 25.3 Å². The maximum Gasteiger partial charge on any atom is 0.143 e. The lowest BCUT2D eigenvalue weighted by molar-refractivity contribution is 0.869. The van der Waals surface area contributed by atoms with E-state index in [1.165, 1.54) is 10.9 Å². The van der Waals surface area contributed by atoms with E-state index in [1.807, 2.05) is 24.4 Å². The van der Waals surface area contributed by atoms with Crippen molar-refractivity contribution in [3.63, 3.8) is 0 Å². The standard InChI is InChI=1S/C16H15N3/c1-10(2)11-6-7-13-12(9-11)15-16(17-13)19-8-4-3-5-14(19)18-15/h3-10,17H,1-2H3. The van der Waals surface area contributed by atoms with E-state index in [1.54, 1.807) is 0 Å². The molecule has 0 saturated carbocycles. The van der Waals surface area contributed by atoms with Crippen molar-refractivity contribution in [3.8, 4) is 0 Å². The normalized spacial score (nSPS) is 12.2. The van der Waals surface area contributed by atoms with E-state index in [9.17, 15) is 0 Å². The molecule has 0 saturated heterocycles. The van der Waals surface area contributed by atoms with E-state index in [4.69, 9.17) is 4.98 Å². The van der Waals surface area contributed by atoms with Crippen LogP contribution < -0.4 is 0 Å². The third-order valence-corrected chi connectivity index (χ3v) is 3.75. The van der Waals surface area contributed by atoms with Gasteiger partial charge in [-0.2, -0.15) is 0 Å². The summed E-state index contributed by atoms with van der Waals surface area (Å²) >= 11 is 0. The summed E-state index contributed by atoms with van der Waals surface area (Å²) in [6.45, 7) is 4.43. The number of benzene rings is 1. The molecule has 0 aliphatic heterocycles. The highest BCUT2D eigenvalue weighted by atomic mass is 15.1. The van der Waals surface area contributed by atoms with E-state index in [0.717, 1.165) is 22.3 Å². The minimum absolute atomic E-state index is 0.534. The van der Waals surface area contributed by atoms with Crippen molar-refractivity contribution in [3.05, 3.63) is 48.2 Å². The first kappa shape index (κ1) is 10.6. The van der Waals surface area contributed by atoms with Crippen molar-refractivity contribution in [1.29, 1.82) is 0 Å². The number of imidazole rings is 1. The molecule has 0 aliphatic rings. The number of nitrogens with zero attached hydrogens (tertiary/aromatic N) is 2. The highest BCUT2D eigenvalue weighted by molar-refractivity contribution is 6.05. The zero-order valence-electron chi connectivity index (χ0n) is 11.0. The number of hydrogen-bond acceptors (Lipinski definition) is 1. The summed E-state index contributed by atoms with van der Waals surface area (Å²) in [6.07, 6.45) is 2.05. The van der Waals surface area contributed by atoms with Gasteiger partial charge in [0, 0.05) is 17.1 Å². The Morgan fingerprint density at radius 1 is 1.16 bits per heavy atom. The molecular weight excluding hydrogens is 234 g/mol. The van der Waals surface area contributed by atoms with Gasteiger partial charge in [-0.1, -0.05) is 26.0 Å². The van der Waals surface area contributed by atoms with Gasteiger partial charge in [-0.25, -0.2) is 4.98 Å². The number of nitrogens with one attached hydrogen (secondary N) is 1. The Balaban J connectivity index is 2.16. The lowest BCUT2D eigenvalue weighted by Gasteiger charge is -2.04. The van der Waals surface area contributed by atoms with E-state index in [0.29, 0.717) is 5.92 Å². The number of H-pyrrole nitrogens is 1. The van der Waals surface area contributed by atoms with Crippen molar-refractivity contribution >= 4 is 27.7 Å². The predicted octanol–water partition coefficient (Wildman–Crippen LogP) is 4.09. The first-order valence-corrected chi connectivity index (χ1v) is 6.62. The monoisotopic (exact) mass is 249 g/mol. The average Bonchev–Trinajstić information content (AvgIpc) is 2.94. The van der Waals surface area contributed by atoms with Crippen molar-refractivity contribution < 1.29 is 0 Å². The van der Waals surface area contributed by atoms with Gasteiger partial charge in [-0.15, -0.1) is 0 Å². The number of aromatic amines is 1. The summed E-state index contributed by atoms with van der Waals surface area (Å²) < 4.78 is 2.10. The lowest BCUT2D eigenvalue weighted by atomic mass is 10.0. The summed E-state index contributed by atoms with van der Waals surface area (Å²) in [5.74, 6) is 0.534. The van der Waals surface area contributed by atoms with Crippen LogP contribution in [0.15, 0.2) is 42.6 Å². The third kappa shape index (κ3) is 1.41. The van der Waals surface area contributed by atoms with E-state index in [2.05, 4.69) is 41.4 Å². The zero-order valence-corrected chi connectivity index (χ0v) is 11.0. The average molecular weight is 249 g/mol. The largest absolute Gasteiger partial charge is 0.339 e. The van der Waals surface area contributed by atoms with Crippen molar-refractivity contribution in [2.24, 2.45) is 0 Å². The van der Waals surface area contributed by atoms with Crippen molar-refractivity contribution in [2.45, 2.75) is 19.8 Å². The van der Waals surface area contributed by atoms with Crippen LogP contribution in [0.4, 0.5) is 0 Å². The molecule has 0 radical (unpaired) electrons. The van der Waals surface area contributed by atoms with Gasteiger partial charge >= 0.3 is 0 Å². The summed E-state index contributed by atoms with van der Waals surface area (Å²) in [5, 5.41) is 1.21. The second kappa shape index (κ2) is 3.60. The highest BCUT2D eigenvalue weighted by Gasteiger charge is 2.11. The number of fused-ring (bicyclic) bond motifs is 5. The lowest BCUT2D eigenvalue weighted by Crippen LogP contribution is -1.86. The highest BCUT2D eigenvalue weighted by Crippen LogP contribution is 2.28. The minimum atomic E-state index is 0.534. The van der Waals surface area contributed by atoms with Gasteiger partial charge in [0.05, 0.1) is 0 Å². The molecule has 3 nitrogen and oxygen atoms in total. The van der Waals surface area contributed by atoms with Crippen LogP contribution in [-0.4, -0.2) is 14.4 Å².